The molecular formula is C24H29Cl5N5O7P. The van der Waals surface area contributed by atoms with E-state index in [0.717, 1.165) is 19.3 Å². The molecule has 3 aromatic rings. The molecule has 0 bridgehead atoms. The van der Waals surface area contributed by atoms with Crippen molar-refractivity contribution in [1.29, 1.82) is 0 Å². The normalized spacial score (nSPS) is 9.93. The van der Waals surface area contributed by atoms with Gasteiger partial charge in [0.1, 0.15) is 16.3 Å². The largest absolute Gasteiger partial charge is 0.462 e. The molecule has 0 aliphatic carbocycles. The van der Waals surface area contributed by atoms with Gasteiger partial charge < -0.3 is 19.4 Å². The monoisotopic (exact) mass is 705 g/mol. The van der Waals surface area contributed by atoms with Gasteiger partial charge in [0.15, 0.2) is 0 Å². The Balaban J connectivity index is 0.000000557. The number of benzene rings is 1. The average Bonchev–Trinajstić information content (AvgIpc) is 2.90. The molecule has 0 atom stereocenters. The third-order valence-electron chi connectivity index (χ3n) is 4.41. The topological polar surface area (TPSA) is 164 Å². The van der Waals surface area contributed by atoms with E-state index in [2.05, 4.69) is 96.4 Å². The van der Waals surface area contributed by atoms with Crippen LogP contribution < -0.4 is 16.1 Å². The lowest BCUT2D eigenvalue weighted by Crippen LogP contribution is -2.27. The van der Waals surface area contributed by atoms with Crippen LogP contribution in [0.1, 0.15) is 48.4 Å². The summed E-state index contributed by atoms with van der Waals surface area (Å²) in [6, 6.07) is 10.5. The number of ether oxygens (including phenoxy) is 2. The van der Waals surface area contributed by atoms with E-state index in [9.17, 15) is 23.7 Å². The summed E-state index contributed by atoms with van der Waals surface area (Å²) in [5.41, 5.74) is -0.174. The molecule has 0 amide bonds. The first-order valence-electron chi connectivity index (χ1n) is 12.0. The number of rotatable bonds is 7. The molecule has 0 unspecified atom stereocenters. The van der Waals surface area contributed by atoms with Gasteiger partial charge in [-0.15, -0.1) is 0 Å². The molecule has 0 saturated heterocycles. The van der Waals surface area contributed by atoms with Crippen molar-refractivity contribution in [3.63, 3.8) is 0 Å². The molecule has 0 fully saturated rings. The third-order valence-corrected chi connectivity index (χ3v) is 4.88. The van der Waals surface area contributed by atoms with Crippen LogP contribution in [0.2, 0.25) is 10.4 Å². The number of nitrogens with one attached hydrogen (secondary N) is 2. The van der Waals surface area contributed by atoms with Crippen LogP contribution in [-0.2, 0) is 14.0 Å². The van der Waals surface area contributed by atoms with Gasteiger partial charge in [0, 0.05) is 31.2 Å². The molecule has 3 rings (SSSR count). The number of para-hydroxylation sites is 1. The van der Waals surface area contributed by atoms with Gasteiger partial charge in [0.25, 0.3) is 5.56 Å². The zero-order valence-corrected chi connectivity index (χ0v) is 27.6. The summed E-state index contributed by atoms with van der Waals surface area (Å²) in [4.78, 5) is 57.3. The van der Waals surface area contributed by atoms with E-state index in [1.54, 1.807) is 13.8 Å². The molecule has 232 valence electrons. The highest BCUT2D eigenvalue weighted by Crippen LogP contribution is 2.61. The van der Waals surface area contributed by atoms with Gasteiger partial charge in [-0.2, -0.15) is 0 Å². The Morgan fingerprint density at radius 2 is 1.40 bits per heavy atom. The minimum absolute atomic E-state index is 0.00144. The molecule has 2 heterocycles. The van der Waals surface area contributed by atoms with Gasteiger partial charge in [-0.05, 0) is 85.2 Å². The summed E-state index contributed by atoms with van der Waals surface area (Å²) in [5, 5.41) is -3.23. The molecule has 0 saturated carbocycles. The minimum Gasteiger partial charge on any atom is -0.462 e. The zero-order chi connectivity index (χ0) is 32.3. The van der Waals surface area contributed by atoms with Crippen molar-refractivity contribution < 1.29 is 23.6 Å². The van der Waals surface area contributed by atoms with Crippen LogP contribution in [0.25, 0.3) is 0 Å². The number of H-pyrrole nitrogens is 2. The summed E-state index contributed by atoms with van der Waals surface area (Å²) in [7, 11) is 0. The van der Waals surface area contributed by atoms with Crippen molar-refractivity contribution in [1.82, 2.24) is 19.9 Å². The van der Waals surface area contributed by atoms with Crippen LogP contribution in [-0.4, -0.2) is 58.2 Å². The van der Waals surface area contributed by atoms with Crippen LogP contribution in [0.5, 0.6) is 0 Å². The van der Waals surface area contributed by atoms with Crippen molar-refractivity contribution in [2.75, 3.05) is 31.2 Å². The smallest absolute Gasteiger partial charge is 0.345 e. The fourth-order valence-electron chi connectivity index (χ4n) is 2.68. The van der Waals surface area contributed by atoms with Crippen molar-refractivity contribution in [2.24, 2.45) is 0 Å². The number of anilines is 1. The van der Waals surface area contributed by atoms with E-state index in [1.165, 1.54) is 11.9 Å². The molecule has 0 aliphatic rings. The SMILES string of the molecule is CCN(CC)c1ccccc1.CCOC(=O)c1c[nH]c(=O)[nH]c1=O.CCOC(=O)c1cnc(Cl)nc1Cl.O=P(Cl)(Cl)Cl. The fraction of sp³-hybridized carbons (Fsp3) is 0.333. The van der Waals surface area contributed by atoms with Crippen molar-refractivity contribution in [3.05, 3.63) is 85.1 Å². The Kier molecular flexibility index (Phi) is 19.8. The summed E-state index contributed by atoms with van der Waals surface area (Å²) in [5.74, 6) is -1.30. The summed E-state index contributed by atoms with van der Waals surface area (Å²) >= 11 is 24.9. The summed E-state index contributed by atoms with van der Waals surface area (Å²) < 4.78 is 18.8. The first-order chi connectivity index (χ1) is 19.7. The van der Waals surface area contributed by atoms with Crippen molar-refractivity contribution in [2.45, 2.75) is 27.7 Å². The van der Waals surface area contributed by atoms with E-state index in [4.69, 9.17) is 27.9 Å². The first-order valence-corrected chi connectivity index (χ1v) is 17.2. The lowest BCUT2D eigenvalue weighted by atomic mass is 10.3. The molecule has 2 N–H and O–H groups in total. The van der Waals surface area contributed by atoms with Gasteiger partial charge in [0.2, 0.25) is 5.28 Å². The average molecular weight is 708 g/mol. The predicted molar refractivity (Wildman–Crippen MR) is 167 cm³/mol. The standard InChI is InChI=1S/C10H15N.C7H6Cl2N2O2.C7H8N2O4.Cl3OP/c1-3-11(4-2)10-8-6-5-7-9-10;1-2-13-6(12)4-3-10-7(9)11-5(4)8;1-2-13-6(11)4-3-8-7(12)9-5(4)10;1-5(2,3)4/h5-9H,3-4H2,1-2H3;3H,2H2,1H3;3H,2H2,1H3,(H2,8,9,10,12);. The Labute approximate surface area is 266 Å². The van der Waals surface area contributed by atoms with Crippen LogP contribution >= 0.6 is 62.1 Å². The number of halogens is 5. The van der Waals surface area contributed by atoms with E-state index >= 15 is 0 Å². The van der Waals surface area contributed by atoms with Crippen LogP contribution in [0.4, 0.5) is 5.69 Å². The predicted octanol–water partition coefficient (Wildman–Crippen LogP) is 6.54. The molecule has 12 nitrogen and oxygen atoms in total. The van der Waals surface area contributed by atoms with Gasteiger partial charge in [0.05, 0.1) is 13.2 Å². The van der Waals surface area contributed by atoms with Crippen LogP contribution in [0, 0.1) is 0 Å². The summed E-state index contributed by atoms with van der Waals surface area (Å²) in [6.45, 7) is 10.3. The quantitative estimate of drug-likeness (QED) is 0.119. The van der Waals surface area contributed by atoms with E-state index < -0.39 is 28.4 Å². The Morgan fingerprint density at radius 1 is 0.905 bits per heavy atom. The number of carbonyl (C=O) groups excluding carboxylic acids is 2. The highest BCUT2D eigenvalue weighted by atomic mass is 36.0. The number of esters is 2. The summed E-state index contributed by atoms with van der Waals surface area (Å²) in [6.07, 6.45) is 2.26. The molecule has 1 aromatic carbocycles. The maximum absolute atomic E-state index is 11.1. The Hall–Kier alpha value is -2.60. The van der Waals surface area contributed by atoms with Gasteiger partial charge >= 0.3 is 22.8 Å². The van der Waals surface area contributed by atoms with Gasteiger partial charge in [-0.25, -0.2) is 24.4 Å². The number of aromatic nitrogens is 4. The Bertz CT molecular complexity index is 1410. The highest BCUT2D eigenvalue weighted by molar-refractivity contribution is 8.24. The number of aromatic amines is 2. The molecule has 0 aliphatic heterocycles. The molecular weight excluding hydrogens is 679 g/mol. The Morgan fingerprint density at radius 3 is 1.83 bits per heavy atom. The minimum atomic E-state index is -3.22. The van der Waals surface area contributed by atoms with Crippen LogP contribution in [0.15, 0.2) is 52.3 Å². The van der Waals surface area contributed by atoms with Crippen molar-refractivity contribution in [3.8, 4) is 0 Å². The molecule has 18 heteroatoms. The number of hydrogen-bond acceptors (Lipinski definition) is 10. The van der Waals surface area contributed by atoms with E-state index in [-0.39, 0.29) is 34.8 Å². The number of hydrogen-bond donors (Lipinski definition) is 2. The van der Waals surface area contributed by atoms with E-state index in [1.807, 2.05) is 11.1 Å². The second-order valence-electron chi connectivity index (χ2n) is 7.18. The molecule has 2 aromatic heterocycles. The van der Waals surface area contributed by atoms with E-state index in [0.29, 0.717) is 0 Å². The molecule has 42 heavy (non-hydrogen) atoms. The first kappa shape index (κ1) is 39.4. The second kappa shape index (κ2) is 21.1. The lowest BCUT2D eigenvalue weighted by Gasteiger charge is -2.20. The third kappa shape index (κ3) is 17.4. The molecule has 0 spiro atoms. The van der Waals surface area contributed by atoms with Gasteiger partial charge in [-0.3, -0.25) is 14.3 Å². The fourth-order valence-corrected chi connectivity index (χ4v) is 3.07. The zero-order valence-electron chi connectivity index (χ0n) is 22.9. The number of nitrogens with zero attached hydrogens (tertiary/aromatic N) is 3. The molecule has 0 radical (unpaired) electrons. The maximum Gasteiger partial charge on any atom is 0.345 e. The number of carbonyl (C=O) groups is 2. The van der Waals surface area contributed by atoms with Crippen molar-refractivity contribution >= 4 is 79.8 Å². The lowest BCUT2D eigenvalue weighted by molar-refractivity contribution is 0.0514. The van der Waals surface area contributed by atoms with Crippen LogP contribution in [0.3, 0.4) is 0 Å². The maximum atomic E-state index is 11.1. The second-order valence-corrected chi connectivity index (χ2v) is 14.5. The van der Waals surface area contributed by atoms with Gasteiger partial charge in [-0.1, -0.05) is 29.8 Å². The highest BCUT2D eigenvalue weighted by Gasteiger charge is 2.13.